The van der Waals surface area contributed by atoms with Crippen LogP contribution in [0.3, 0.4) is 0 Å². The minimum Gasteiger partial charge on any atom is -0.370 e. The molecule has 0 aliphatic rings. The third-order valence-electron chi connectivity index (χ3n) is 2.17. The van der Waals surface area contributed by atoms with Crippen molar-refractivity contribution in [3.63, 3.8) is 0 Å². The predicted octanol–water partition coefficient (Wildman–Crippen LogP) is 0.965. The molecule has 7 nitrogen and oxygen atoms in total. The number of halogens is 1. The molecule has 0 aliphatic heterocycles. The average Bonchev–Trinajstić information content (AvgIpc) is 2.59. The highest BCUT2D eigenvalue weighted by molar-refractivity contribution is 6.28. The third kappa shape index (κ3) is 2.14. The van der Waals surface area contributed by atoms with Crippen LogP contribution in [0.15, 0.2) is 11.3 Å². The van der Waals surface area contributed by atoms with Gasteiger partial charge in [0.1, 0.15) is 0 Å². The van der Waals surface area contributed by atoms with Gasteiger partial charge in [0.2, 0.25) is 5.28 Å². The second kappa shape index (κ2) is 4.17. The Kier molecular flexibility index (Phi) is 2.84. The Bertz CT molecular complexity index is 582. The fraction of sp³-hybridized carbons (Fsp3) is 0.333. The van der Waals surface area contributed by atoms with Crippen LogP contribution in [0.25, 0.3) is 11.2 Å². The molecular formula is C9H12ClN7. The van der Waals surface area contributed by atoms with Gasteiger partial charge in [-0.05, 0) is 25.4 Å². The molecule has 0 saturated carbocycles. The Labute approximate surface area is 103 Å². The van der Waals surface area contributed by atoms with Crippen LogP contribution in [0.2, 0.25) is 5.28 Å². The first-order valence-corrected chi connectivity index (χ1v) is 5.36. The summed E-state index contributed by atoms with van der Waals surface area (Å²) in [6.45, 7) is 4.02. The average molecular weight is 254 g/mol. The lowest BCUT2D eigenvalue weighted by Crippen LogP contribution is -2.22. The maximum Gasteiger partial charge on any atom is 0.226 e. The lowest BCUT2D eigenvalue weighted by Gasteiger charge is -2.06. The standard InChI is InChI=1S/C9H12ClN7/c1-4(2)17-3-13-5-6(15-9(11)12)14-8(10)16-7(5)17/h3-4H,1-2H3,(H4,11,12,14,15,16). The van der Waals surface area contributed by atoms with Crippen molar-refractivity contribution < 1.29 is 0 Å². The van der Waals surface area contributed by atoms with Gasteiger partial charge in [-0.15, -0.1) is 0 Å². The Balaban J connectivity index is 2.74. The number of aliphatic imine (C=N–C) groups is 1. The van der Waals surface area contributed by atoms with Crippen molar-refractivity contribution in [2.45, 2.75) is 19.9 Å². The number of fused-ring (bicyclic) bond motifs is 1. The van der Waals surface area contributed by atoms with Gasteiger partial charge in [-0.1, -0.05) is 0 Å². The fourth-order valence-electron chi connectivity index (χ4n) is 1.45. The molecule has 0 radical (unpaired) electrons. The smallest absolute Gasteiger partial charge is 0.226 e. The summed E-state index contributed by atoms with van der Waals surface area (Å²) in [7, 11) is 0. The maximum absolute atomic E-state index is 5.83. The first kappa shape index (κ1) is 11.6. The Morgan fingerprint density at radius 1 is 1.41 bits per heavy atom. The van der Waals surface area contributed by atoms with Crippen molar-refractivity contribution in [1.82, 2.24) is 19.5 Å². The van der Waals surface area contributed by atoms with Crippen LogP contribution in [-0.4, -0.2) is 25.5 Å². The Hall–Kier alpha value is -1.89. The summed E-state index contributed by atoms with van der Waals surface area (Å²) in [5.41, 5.74) is 11.8. The second-order valence-corrected chi connectivity index (χ2v) is 4.11. The second-order valence-electron chi connectivity index (χ2n) is 3.77. The number of imidazole rings is 1. The molecule has 2 aromatic rings. The van der Waals surface area contributed by atoms with E-state index in [1.165, 1.54) is 0 Å². The van der Waals surface area contributed by atoms with Gasteiger partial charge in [-0.3, -0.25) is 0 Å². The summed E-state index contributed by atoms with van der Waals surface area (Å²) in [6.07, 6.45) is 1.66. The van der Waals surface area contributed by atoms with Gasteiger partial charge < -0.3 is 16.0 Å². The number of hydrogen-bond donors (Lipinski definition) is 2. The fourth-order valence-corrected chi connectivity index (χ4v) is 1.61. The van der Waals surface area contributed by atoms with Crippen LogP contribution in [0, 0.1) is 0 Å². The summed E-state index contributed by atoms with van der Waals surface area (Å²) in [5, 5.41) is 0.0832. The van der Waals surface area contributed by atoms with Crippen molar-refractivity contribution in [2.24, 2.45) is 16.5 Å². The molecule has 2 rings (SSSR count). The molecule has 0 aliphatic carbocycles. The van der Waals surface area contributed by atoms with Crippen LogP contribution in [0.1, 0.15) is 19.9 Å². The summed E-state index contributed by atoms with van der Waals surface area (Å²) in [6, 6.07) is 0.206. The lowest BCUT2D eigenvalue weighted by atomic mass is 10.4. The summed E-state index contributed by atoms with van der Waals surface area (Å²) in [5.74, 6) is 0.180. The number of nitrogens with two attached hydrogens (primary N) is 2. The SMILES string of the molecule is CC(C)n1cnc2c(N=C(N)N)nc(Cl)nc21. The van der Waals surface area contributed by atoms with E-state index in [2.05, 4.69) is 19.9 Å². The number of rotatable bonds is 2. The third-order valence-corrected chi connectivity index (χ3v) is 2.34. The first-order chi connectivity index (χ1) is 7.99. The molecule has 2 heterocycles. The van der Waals surface area contributed by atoms with Crippen molar-refractivity contribution in [2.75, 3.05) is 0 Å². The normalized spacial score (nSPS) is 11.1. The van der Waals surface area contributed by atoms with Crippen LogP contribution in [0.5, 0.6) is 0 Å². The summed E-state index contributed by atoms with van der Waals surface area (Å²) < 4.78 is 1.87. The predicted molar refractivity (Wildman–Crippen MR) is 66.2 cm³/mol. The van der Waals surface area contributed by atoms with E-state index in [-0.39, 0.29) is 23.1 Å². The highest BCUT2D eigenvalue weighted by Crippen LogP contribution is 2.24. The van der Waals surface area contributed by atoms with Crippen molar-refractivity contribution >= 4 is 34.5 Å². The zero-order chi connectivity index (χ0) is 12.6. The van der Waals surface area contributed by atoms with E-state index in [9.17, 15) is 0 Å². The van der Waals surface area contributed by atoms with E-state index in [0.717, 1.165) is 0 Å². The molecule has 17 heavy (non-hydrogen) atoms. The Morgan fingerprint density at radius 2 is 2.12 bits per heavy atom. The van der Waals surface area contributed by atoms with Gasteiger partial charge in [0.15, 0.2) is 22.9 Å². The molecule has 8 heteroatoms. The highest BCUT2D eigenvalue weighted by Gasteiger charge is 2.13. The largest absolute Gasteiger partial charge is 0.370 e. The van der Waals surface area contributed by atoms with Gasteiger partial charge in [0, 0.05) is 6.04 Å². The van der Waals surface area contributed by atoms with Crippen LogP contribution in [-0.2, 0) is 0 Å². The van der Waals surface area contributed by atoms with Crippen molar-refractivity contribution in [3.05, 3.63) is 11.6 Å². The molecule has 0 amide bonds. The van der Waals surface area contributed by atoms with E-state index in [0.29, 0.717) is 11.2 Å². The molecule has 0 bridgehead atoms. The van der Waals surface area contributed by atoms with Crippen LogP contribution >= 0.6 is 11.6 Å². The molecule has 0 aromatic carbocycles. The van der Waals surface area contributed by atoms with Gasteiger partial charge in [0.25, 0.3) is 0 Å². The summed E-state index contributed by atoms with van der Waals surface area (Å²) >= 11 is 5.83. The lowest BCUT2D eigenvalue weighted by molar-refractivity contribution is 0.612. The van der Waals surface area contributed by atoms with Gasteiger partial charge in [-0.2, -0.15) is 15.0 Å². The molecule has 90 valence electrons. The molecule has 0 spiro atoms. The minimum absolute atomic E-state index is 0.0832. The molecular weight excluding hydrogens is 242 g/mol. The van der Waals surface area contributed by atoms with Gasteiger partial charge in [0.05, 0.1) is 6.33 Å². The molecule has 0 saturated heterocycles. The monoisotopic (exact) mass is 253 g/mol. The minimum atomic E-state index is -0.0971. The van der Waals surface area contributed by atoms with E-state index in [4.69, 9.17) is 23.1 Å². The number of hydrogen-bond acceptors (Lipinski definition) is 4. The van der Waals surface area contributed by atoms with E-state index in [1.807, 2.05) is 18.4 Å². The van der Waals surface area contributed by atoms with E-state index < -0.39 is 0 Å². The number of aromatic nitrogens is 4. The topological polar surface area (TPSA) is 108 Å². The molecule has 2 aromatic heterocycles. The van der Waals surface area contributed by atoms with Gasteiger partial charge in [-0.25, -0.2) is 4.98 Å². The Morgan fingerprint density at radius 3 is 2.71 bits per heavy atom. The molecule has 0 fully saturated rings. The number of guanidine groups is 1. The first-order valence-electron chi connectivity index (χ1n) is 4.98. The van der Waals surface area contributed by atoms with Crippen LogP contribution in [0.4, 0.5) is 5.82 Å². The van der Waals surface area contributed by atoms with Crippen molar-refractivity contribution in [1.29, 1.82) is 0 Å². The van der Waals surface area contributed by atoms with Gasteiger partial charge >= 0.3 is 0 Å². The number of nitrogens with zero attached hydrogens (tertiary/aromatic N) is 5. The molecule has 0 unspecified atom stereocenters. The van der Waals surface area contributed by atoms with Crippen LogP contribution < -0.4 is 11.5 Å². The highest BCUT2D eigenvalue weighted by atomic mass is 35.5. The van der Waals surface area contributed by atoms with E-state index in [1.54, 1.807) is 6.33 Å². The van der Waals surface area contributed by atoms with Crippen molar-refractivity contribution in [3.8, 4) is 0 Å². The molecule has 4 N–H and O–H groups in total. The quantitative estimate of drug-likeness (QED) is 0.471. The summed E-state index contributed by atoms with van der Waals surface area (Å²) in [4.78, 5) is 16.2. The van der Waals surface area contributed by atoms with E-state index >= 15 is 0 Å². The zero-order valence-corrected chi connectivity index (χ0v) is 10.2. The maximum atomic E-state index is 5.83. The zero-order valence-electron chi connectivity index (χ0n) is 9.42. The molecule has 0 atom stereocenters.